The van der Waals surface area contributed by atoms with Crippen LogP contribution in [0.5, 0.6) is 0 Å². The number of hydrogen-bond acceptors (Lipinski definition) is 6. The zero-order valence-electron chi connectivity index (χ0n) is 13.4. The minimum absolute atomic E-state index is 0.0812. The van der Waals surface area contributed by atoms with E-state index in [2.05, 4.69) is 15.1 Å². The number of halogens is 1. The van der Waals surface area contributed by atoms with Gasteiger partial charge in [0.1, 0.15) is 0 Å². The van der Waals surface area contributed by atoms with Crippen LogP contribution in [-0.4, -0.2) is 39.7 Å². The number of aromatic nitrogens is 4. The summed E-state index contributed by atoms with van der Waals surface area (Å²) < 4.78 is 25.6. The number of sulfone groups is 1. The molecule has 6 nitrogen and oxygen atoms in total. The summed E-state index contributed by atoms with van der Waals surface area (Å²) in [4.78, 5) is 9.58. The van der Waals surface area contributed by atoms with Gasteiger partial charge in [-0.1, -0.05) is 11.6 Å². The van der Waals surface area contributed by atoms with Gasteiger partial charge in [0, 0.05) is 18.0 Å². The van der Waals surface area contributed by atoms with Crippen molar-refractivity contribution >= 4 is 32.8 Å². The molecule has 1 aliphatic heterocycles. The number of rotatable bonds is 3. The van der Waals surface area contributed by atoms with Crippen LogP contribution in [0, 0.1) is 6.92 Å². The molecule has 130 valence electrons. The maximum absolute atomic E-state index is 11.9. The van der Waals surface area contributed by atoms with Crippen molar-refractivity contribution in [3.63, 3.8) is 0 Å². The van der Waals surface area contributed by atoms with Gasteiger partial charge in [-0.25, -0.2) is 18.1 Å². The highest BCUT2D eigenvalue weighted by Gasteiger charge is 2.33. The summed E-state index contributed by atoms with van der Waals surface area (Å²) in [5.41, 5.74) is 1.76. The molecule has 4 heterocycles. The van der Waals surface area contributed by atoms with Crippen molar-refractivity contribution in [2.45, 2.75) is 19.4 Å². The Morgan fingerprint density at radius 3 is 2.84 bits per heavy atom. The van der Waals surface area contributed by atoms with Crippen LogP contribution in [0.4, 0.5) is 0 Å². The lowest BCUT2D eigenvalue weighted by molar-refractivity contribution is 0.505. The van der Waals surface area contributed by atoms with Crippen molar-refractivity contribution in [3.05, 3.63) is 40.5 Å². The summed E-state index contributed by atoms with van der Waals surface area (Å²) >= 11 is 7.92. The monoisotopic (exact) mass is 394 g/mol. The molecule has 3 aromatic heterocycles. The van der Waals surface area contributed by atoms with Gasteiger partial charge in [0.25, 0.3) is 0 Å². The molecule has 1 unspecified atom stereocenters. The first-order valence-electron chi connectivity index (χ1n) is 7.76. The van der Waals surface area contributed by atoms with Crippen LogP contribution in [0.1, 0.15) is 18.0 Å². The van der Waals surface area contributed by atoms with Crippen LogP contribution < -0.4 is 0 Å². The lowest BCUT2D eigenvalue weighted by Gasteiger charge is -2.11. The van der Waals surface area contributed by atoms with E-state index in [1.54, 1.807) is 17.1 Å². The Hall–Kier alpha value is -1.77. The Morgan fingerprint density at radius 1 is 1.40 bits per heavy atom. The molecule has 0 radical (unpaired) electrons. The molecule has 1 aliphatic rings. The van der Waals surface area contributed by atoms with Crippen molar-refractivity contribution in [1.82, 2.24) is 19.7 Å². The molecule has 0 bridgehead atoms. The fraction of sp³-hybridized carbons (Fsp3) is 0.312. The van der Waals surface area contributed by atoms with E-state index in [4.69, 9.17) is 11.6 Å². The maximum Gasteiger partial charge on any atom is 0.183 e. The molecule has 1 fully saturated rings. The average molecular weight is 395 g/mol. The summed E-state index contributed by atoms with van der Waals surface area (Å²) in [6.45, 7) is 1.94. The number of nitrogens with zero attached hydrogens (tertiary/aromatic N) is 4. The fourth-order valence-corrected chi connectivity index (χ4v) is 5.85. The van der Waals surface area contributed by atoms with E-state index in [1.165, 1.54) is 11.3 Å². The van der Waals surface area contributed by atoms with Crippen LogP contribution in [0.15, 0.2) is 29.9 Å². The second-order valence-corrected chi connectivity index (χ2v) is 9.55. The molecule has 9 heteroatoms. The highest BCUT2D eigenvalue weighted by atomic mass is 35.5. The van der Waals surface area contributed by atoms with Crippen LogP contribution in [0.25, 0.3) is 22.1 Å². The minimum Gasteiger partial charge on any atom is -0.264 e. The van der Waals surface area contributed by atoms with Crippen molar-refractivity contribution in [3.8, 4) is 22.1 Å². The number of pyridine rings is 1. The van der Waals surface area contributed by atoms with E-state index >= 15 is 0 Å². The topological polar surface area (TPSA) is 77.7 Å². The predicted octanol–water partition coefficient (Wildman–Crippen LogP) is 3.39. The van der Waals surface area contributed by atoms with Gasteiger partial charge in [0.05, 0.1) is 27.4 Å². The number of thiophene rings is 1. The molecule has 0 N–H and O–H groups in total. The molecule has 1 saturated heterocycles. The van der Waals surface area contributed by atoms with Gasteiger partial charge < -0.3 is 0 Å². The Balaban J connectivity index is 1.86. The molecule has 0 aliphatic carbocycles. The third kappa shape index (κ3) is 3.09. The predicted molar refractivity (Wildman–Crippen MR) is 98.6 cm³/mol. The smallest absolute Gasteiger partial charge is 0.183 e. The van der Waals surface area contributed by atoms with Gasteiger partial charge in [-0.15, -0.1) is 11.3 Å². The van der Waals surface area contributed by atoms with Crippen molar-refractivity contribution < 1.29 is 8.42 Å². The molecule has 1 atom stereocenters. The molecule has 0 amide bonds. The summed E-state index contributed by atoms with van der Waals surface area (Å²) in [7, 11) is -3.03. The van der Waals surface area contributed by atoms with Crippen LogP contribution >= 0.6 is 22.9 Å². The third-order valence-corrected chi connectivity index (χ3v) is 7.65. The second-order valence-electron chi connectivity index (χ2n) is 6.06. The summed E-state index contributed by atoms with van der Waals surface area (Å²) in [6, 6.07) is 3.47. The number of aryl methyl sites for hydroxylation is 1. The van der Waals surface area contributed by atoms with Gasteiger partial charge in [-0.2, -0.15) is 5.10 Å². The molecule has 0 spiro atoms. The Morgan fingerprint density at radius 2 is 2.24 bits per heavy atom. The highest BCUT2D eigenvalue weighted by Crippen LogP contribution is 2.38. The summed E-state index contributed by atoms with van der Waals surface area (Å²) in [5, 5.41) is 7.20. The molecule has 25 heavy (non-hydrogen) atoms. The standard InChI is InChI=1S/C16H15ClN4O2S2/c1-10-8-24-14(13(10)17)16-19-15(11-3-2-5-18-7-11)20-21(16)12-4-6-25(22,23)9-12/h2-3,5,7-8,12H,4,6,9H2,1H3. The Labute approximate surface area is 154 Å². The number of hydrogen-bond donors (Lipinski definition) is 0. The first-order valence-corrected chi connectivity index (χ1v) is 10.8. The molecule has 3 aromatic rings. The quantitative estimate of drug-likeness (QED) is 0.680. The molecule has 0 saturated carbocycles. The Bertz CT molecular complexity index is 1030. The van der Waals surface area contributed by atoms with E-state index < -0.39 is 9.84 Å². The third-order valence-electron chi connectivity index (χ3n) is 4.21. The lowest BCUT2D eigenvalue weighted by atomic mass is 10.2. The summed E-state index contributed by atoms with van der Waals surface area (Å²) in [5.74, 6) is 1.40. The highest BCUT2D eigenvalue weighted by molar-refractivity contribution is 7.91. The van der Waals surface area contributed by atoms with E-state index in [0.29, 0.717) is 23.1 Å². The fourth-order valence-electron chi connectivity index (χ4n) is 2.90. The molecular formula is C16H15ClN4O2S2. The first-order chi connectivity index (χ1) is 11.9. The average Bonchev–Trinajstić information content (AvgIpc) is 3.27. The van der Waals surface area contributed by atoms with Gasteiger partial charge in [0.2, 0.25) is 0 Å². The van der Waals surface area contributed by atoms with Gasteiger partial charge in [-0.05, 0) is 36.4 Å². The Kier molecular flexibility index (Phi) is 4.13. The van der Waals surface area contributed by atoms with E-state index in [9.17, 15) is 8.42 Å². The van der Waals surface area contributed by atoms with Crippen molar-refractivity contribution in [2.75, 3.05) is 11.5 Å². The molecule has 4 rings (SSSR count). The largest absolute Gasteiger partial charge is 0.264 e. The summed E-state index contributed by atoms with van der Waals surface area (Å²) in [6.07, 6.45) is 3.91. The van der Waals surface area contributed by atoms with Crippen LogP contribution in [0.2, 0.25) is 5.02 Å². The van der Waals surface area contributed by atoms with Crippen LogP contribution in [-0.2, 0) is 9.84 Å². The van der Waals surface area contributed by atoms with Crippen molar-refractivity contribution in [2.24, 2.45) is 0 Å². The SMILES string of the molecule is Cc1csc(-c2nc(-c3cccnc3)nn2C2CCS(=O)(=O)C2)c1Cl. The maximum atomic E-state index is 11.9. The van der Waals surface area contributed by atoms with E-state index in [-0.39, 0.29) is 17.5 Å². The molecular weight excluding hydrogens is 380 g/mol. The first kappa shape index (κ1) is 16.7. The lowest BCUT2D eigenvalue weighted by Crippen LogP contribution is -2.13. The van der Waals surface area contributed by atoms with E-state index in [1.807, 2.05) is 24.4 Å². The van der Waals surface area contributed by atoms with Gasteiger partial charge >= 0.3 is 0 Å². The zero-order valence-corrected chi connectivity index (χ0v) is 15.8. The van der Waals surface area contributed by atoms with Gasteiger partial charge in [-0.3, -0.25) is 4.98 Å². The minimum atomic E-state index is -3.03. The normalized spacial score (nSPS) is 19.4. The van der Waals surface area contributed by atoms with Crippen molar-refractivity contribution in [1.29, 1.82) is 0 Å². The van der Waals surface area contributed by atoms with Crippen LogP contribution in [0.3, 0.4) is 0 Å². The van der Waals surface area contributed by atoms with E-state index in [0.717, 1.165) is 16.0 Å². The zero-order chi connectivity index (χ0) is 17.6. The second kappa shape index (κ2) is 6.19. The molecule has 0 aromatic carbocycles. The van der Waals surface area contributed by atoms with Gasteiger partial charge in [0.15, 0.2) is 21.5 Å².